The maximum atomic E-state index is 13.9. The number of nitrogens with zero attached hydrogens (tertiary/aromatic N) is 1. The van der Waals surface area contributed by atoms with Gasteiger partial charge < -0.3 is 15.4 Å². The molecule has 0 aliphatic carbocycles. The Morgan fingerprint density at radius 2 is 1.78 bits per heavy atom. The standard InChI is InChI=1S/C18H18F3N3O3/c1-12-7-6-10-22-15(12)24-17(16(26)27-2,18(19,20)21)23-14(25)11-13-8-4-3-5-9-13/h3-10H,11H2,1-2H3,(H,22,24)(H,23,25)/t17-/m1/s1. The molecule has 1 aromatic carbocycles. The van der Waals surface area contributed by atoms with Crippen LogP contribution in [-0.4, -0.2) is 35.8 Å². The van der Waals surface area contributed by atoms with Gasteiger partial charge in [0.1, 0.15) is 5.82 Å². The monoisotopic (exact) mass is 381 g/mol. The quantitative estimate of drug-likeness (QED) is 0.594. The largest absolute Gasteiger partial charge is 0.466 e. The summed E-state index contributed by atoms with van der Waals surface area (Å²) in [5.41, 5.74) is -2.63. The number of carbonyl (C=O) groups is 2. The van der Waals surface area contributed by atoms with E-state index in [0.717, 1.165) is 7.11 Å². The molecule has 0 fully saturated rings. The Labute approximate surface area is 153 Å². The van der Waals surface area contributed by atoms with Crippen molar-refractivity contribution in [3.63, 3.8) is 0 Å². The molecule has 0 bridgehead atoms. The molecule has 27 heavy (non-hydrogen) atoms. The van der Waals surface area contributed by atoms with Crippen LogP contribution in [0, 0.1) is 6.92 Å². The van der Waals surface area contributed by atoms with Gasteiger partial charge in [-0.1, -0.05) is 36.4 Å². The fourth-order valence-corrected chi connectivity index (χ4v) is 2.37. The molecule has 1 heterocycles. The lowest BCUT2D eigenvalue weighted by Crippen LogP contribution is -2.69. The minimum atomic E-state index is -5.20. The smallest absolute Gasteiger partial charge is 0.441 e. The molecule has 0 saturated heterocycles. The summed E-state index contributed by atoms with van der Waals surface area (Å²) in [6, 6.07) is 11.2. The minimum Gasteiger partial charge on any atom is -0.466 e. The molecule has 0 spiro atoms. The molecule has 2 N–H and O–H groups in total. The van der Waals surface area contributed by atoms with Gasteiger partial charge in [0.2, 0.25) is 5.91 Å². The average molecular weight is 381 g/mol. The number of ether oxygens (including phenoxy) is 1. The Morgan fingerprint density at radius 3 is 2.33 bits per heavy atom. The minimum absolute atomic E-state index is 0.208. The number of rotatable bonds is 6. The topological polar surface area (TPSA) is 80.3 Å². The number of nitrogens with one attached hydrogen (secondary N) is 2. The summed E-state index contributed by atoms with van der Waals surface area (Å²) < 4.78 is 46.1. The maximum Gasteiger partial charge on any atom is 0.441 e. The number of alkyl halides is 3. The first kappa shape index (κ1) is 20.2. The second kappa shape index (κ2) is 8.07. The molecule has 1 aromatic heterocycles. The predicted molar refractivity (Wildman–Crippen MR) is 91.7 cm³/mol. The van der Waals surface area contributed by atoms with E-state index in [1.165, 1.54) is 25.3 Å². The number of anilines is 1. The Hall–Kier alpha value is -3.10. The summed E-state index contributed by atoms with van der Waals surface area (Å²) >= 11 is 0. The van der Waals surface area contributed by atoms with Gasteiger partial charge in [0.15, 0.2) is 0 Å². The summed E-state index contributed by atoms with van der Waals surface area (Å²) in [4.78, 5) is 28.2. The van der Waals surface area contributed by atoms with Crippen LogP contribution in [0.3, 0.4) is 0 Å². The molecule has 0 aliphatic rings. The van der Waals surface area contributed by atoms with Crippen LogP contribution in [0.25, 0.3) is 0 Å². The molecule has 1 atom stereocenters. The molecule has 0 radical (unpaired) electrons. The number of aryl methyl sites for hydroxylation is 1. The lowest BCUT2D eigenvalue weighted by atomic mass is 10.1. The highest BCUT2D eigenvalue weighted by molar-refractivity contribution is 5.91. The van der Waals surface area contributed by atoms with Crippen LogP contribution < -0.4 is 10.6 Å². The third kappa shape index (κ3) is 4.55. The molecule has 1 amide bonds. The summed E-state index contributed by atoms with van der Waals surface area (Å²) in [6.07, 6.45) is -4.28. The van der Waals surface area contributed by atoms with Gasteiger partial charge in [-0.3, -0.25) is 4.79 Å². The molecule has 0 aliphatic heterocycles. The molecule has 2 rings (SSSR count). The van der Waals surface area contributed by atoms with Crippen LogP contribution in [0.2, 0.25) is 0 Å². The van der Waals surface area contributed by atoms with E-state index in [1.54, 1.807) is 35.6 Å². The zero-order valence-corrected chi connectivity index (χ0v) is 14.6. The first-order chi connectivity index (χ1) is 12.7. The number of aromatic nitrogens is 1. The Balaban J connectivity index is 2.40. The van der Waals surface area contributed by atoms with Crippen LogP contribution in [0.5, 0.6) is 0 Å². The fourth-order valence-electron chi connectivity index (χ4n) is 2.37. The van der Waals surface area contributed by atoms with Gasteiger partial charge in [0.05, 0.1) is 13.5 Å². The van der Waals surface area contributed by atoms with E-state index < -0.39 is 23.7 Å². The van der Waals surface area contributed by atoms with Crippen LogP contribution >= 0.6 is 0 Å². The SMILES string of the molecule is COC(=O)[C@@](NC(=O)Cc1ccccc1)(Nc1ncccc1C)C(F)(F)F. The maximum absolute atomic E-state index is 13.9. The van der Waals surface area contributed by atoms with E-state index >= 15 is 0 Å². The predicted octanol–water partition coefficient (Wildman–Crippen LogP) is 2.59. The molecule has 0 saturated carbocycles. The summed E-state index contributed by atoms with van der Waals surface area (Å²) in [5, 5.41) is 3.78. The molecule has 9 heteroatoms. The second-order valence-electron chi connectivity index (χ2n) is 5.74. The molecule has 2 aromatic rings. The van der Waals surface area contributed by atoms with E-state index in [1.807, 2.05) is 5.32 Å². The van der Waals surface area contributed by atoms with Crippen molar-refractivity contribution < 1.29 is 27.5 Å². The number of carbonyl (C=O) groups excluding carboxylic acids is 2. The Morgan fingerprint density at radius 1 is 1.11 bits per heavy atom. The van der Waals surface area contributed by atoms with E-state index in [-0.39, 0.29) is 12.2 Å². The van der Waals surface area contributed by atoms with Crippen molar-refractivity contribution >= 4 is 17.7 Å². The van der Waals surface area contributed by atoms with Crippen molar-refractivity contribution in [1.82, 2.24) is 10.3 Å². The molecule has 0 unspecified atom stereocenters. The lowest BCUT2D eigenvalue weighted by Gasteiger charge is -2.35. The first-order valence-electron chi connectivity index (χ1n) is 7.89. The van der Waals surface area contributed by atoms with Crippen molar-refractivity contribution in [2.75, 3.05) is 12.4 Å². The molecule has 144 valence electrons. The number of halogens is 3. The number of hydrogen-bond donors (Lipinski definition) is 2. The zero-order chi connectivity index (χ0) is 20.1. The Kier molecular flexibility index (Phi) is 6.04. The molecular weight excluding hydrogens is 363 g/mol. The number of methoxy groups -OCH3 is 1. The first-order valence-corrected chi connectivity index (χ1v) is 7.89. The summed E-state index contributed by atoms with van der Waals surface area (Å²) in [6.45, 7) is 1.51. The zero-order valence-electron chi connectivity index (χ0n) is 14.6. The average Bonchev–Trinajstić information content (AvgIpc) is 2.62. The number of esters is 1. The van der Waals surface area contributed by atoms with E-state index in [0.29, 0.717) is 11.1 Å². The van der Waals surface area contributed by atoms with E-state index in [2.05, 4.69) is 9.72 Å². The Bertz CT molecular complexity index is 812. The van der Waals surface area contributed by atoms with Crippen molar-refractivity contribution in [2.45, 2.75) is 25.2 Å². The van der Waals surface area contributed by atoms with Gasteiger partial charge in [-0.15, -0.1) is 0 Å². The summed E-state index contributed by atoms with van der Waals surface area (Å²) in [7, 11) is 0.805. The second-order valence-corrected chi connectivity index (χ2v) is 5.74. The van der Waals surface area contributed by atoms with Gasteiger partial charge >= 0.3 is 17.8 Å². The van der Waals surface area contributed by atoms with Gasteiger partial charge in [0, 0.05) is 6.20 Å². The van der Waals surface area contributed by atoms with Gasteiger partial charge in [-0.2, -0.15) is 13.2 Å². The van der Waals surface area contributed by atoms with Crippen LogP contribution in [-0.2, 0) is 20.7 Å². The number of pyridine rings is 1. The highest BCUT2D eigenvalue weighted by Gasteiger charge is 2.63. The number of amides is 1. The van der Waals surface area contributed by atoms with Gasteiger partial charge in [0.25, 0.3) is 0 Å². The highest BCUT2D eigenvalue weighted by atomic mass is 19.4. The summed E-state index contributed by atoms with van der Waals surface area (Å²) in [5.74, 6) is -2.92. The fraction of sp³-hybridized carbons (Fsp3) is 0.278. The molecular formula is C18H18F3N3O3. The number of hydrogen-bond acceptors (Lipinski definition) is 5. The third-order valence-electron chi connectivity index (χ3n) is 3.77. The third-order valence-corrected chi connectivity index (χ3v) is 3.77. The van der Waals surface area contributed by atoms with Gasteiger partial charge in [-0.05, 0) is 24.1 Å². The van der Waals surface area contributed by atoms with Crippen molar-refractivity contribution in [3.05, 3.63) is 59.8 Å². The van der Waals surface area contributed by atoms with Crippen molar-refractivity contribution in [2.24, 2.45) is 0 Å². The van der Waals surface area contributed by atoms with Crippen LogP contribution in [0.4, 0.5) is 19.0 Å². The van der Waals surface area contributed by atoms with Gasteiger partial charge in [-0.25, -0.2) is 9.78 Å². The van der Waals surface area contributed by atoms with E-state index in [9.17, 15) is 22.8 Å². The lowest BCUT2D eigenvalue weighted by molar-refractivity contribution is -0.206. The highest BCUT2D eigenvalue weighted by Crippen LogP contribution is 2.33. The van der Waals surface area contributed by atoms with Crippen molar-refractivity contribution in [3.8, 4) is 0 Å². The van der Waals surface area contributed by atoms with Crippen molar-refractivity contribution in [1.29, 1.82) is 0 Å². The van der Waals surface area contributed by atoms with E-state index in [4.69, 9.17) is 0 Å². The normalized spacial score (nSPS) is 13.4. The van der Waals surface area contributed by atoms with Crippen LogP contribution in [0.1, 0.15) is 11.1 Å². The molecule has 6 nitrogen and oxygen atoms in total. The van der Waals surface area contributed by atoms with Crippen LogP contribution in [0.15, 0.2) is 48.7 Å². The number of benzene rings is 1.